The van der Waals surface area contributed by atoms with E-state index in [1.807, 2.05) is 0 Å². The highest BCUT2D eigenvalue weighted by Gasteiger charge is 2.41. The van der Waals surface area contributed by atoms with Crippen molar-refractivity contribution in [3.05, 3.63) is 0 Å². The summed E-state index contributed by atoms with van der Waals surface area (Å²) in [5, 5.41) is 0. The van der Waals surface area contributed by atoms with Gasteiger partial charge in [-0.25, -0.2) is 0 Å². The van der Waals surface area contributed by atoms with Crippen molar-refractivity contribution in [3.63, 3.8) is 0 Å². The Kier molecular flexibility index (Phi) is 4.78. The summed E-state index contributed by atoms with van der Waals surface area (Å²) in [7, 11) is 0. The molecule has 20 heavy (non-hydrogen) atoms. The van der Waals surface area contributed by atoms with Crippen LogP contribution in [0.25, 0.3) is 0 Å². The minimum Gasteiger partial charge on any atom is -0.0654 e. The van der Waals surface area contributed by atoms with Gasteiger partial charge in [0, 0.05) is 0 Å². The smallest absolute Gasteiger partial charge is 0.0380 e. The molecule has 0 aromatic carbocycles. The van der Waals surface area contributed by atoms with E-state index in [0.29, 0.717) is 0 Å². The first-order valence-corrected chi connectivity index (χ1v) is 9.65. The first-order chi connectivity index (χ1) is 9.65. The van der Waals surface area contributed by atoms with Crippen molar-refractivity contribution in [3.8, 4) is 0 Å². The lowest BCUT2D eigenvalue weighted by Crippen LogP contribution is -2.38. The van der Waals surface area contributed by atoms with Gasteiger partial charge in [0.1, 0.15) is 0 Å². The van der Waals surface area contributed by atoms with Crippen molar-refractivity contribution < 1.29 is 0 Å². The van der Waals surface area contributed by atoms with Crippen LogP contribution in [0.15, 0.2) is 0 Å². The van der Waals surface area contributed by atoms with E-state index in [1.165, 1.54) is 19.3 Å². The Morgan fingerprint density at radius 1 is 0.850 bits per heavy atom. The van der Waals surface area contributed by atoms with Gasteiger partial charge in [0.25, 0.3) is 0 Å². The third-order valence-corrected chi connectivity index (χ3v) is 7.05. The molecule has 0 radical (unpaired) electrons. The predicted molar refractivity (Wildman–Crippen MR) is 87.6 cm³/mol. The fourth-order valence-electron chi connectivity index (χ4n) is 5.74. The van der Waals surface area contributed by atoms with Gasteiger partial charge in [-0.05, 0) is 86.4 Å². The highest BCUT2D eigenvalue weighted by atomic mass is 14.5. The van der Waals surface area contributed by atoms with Gasteiger partial charge >= 0.3 is 0 Å². The van der Waals surface area contributed by atoms with Crippen LogP contribution in [0.5, 0.6) is 0 Å². The Bertz CT molecular complexity index is 295. The Labute approximate surface area is 127 Å². The lowest BCUT2D eigenvalue weighted by atomic mass is 9.58. The second-order valence-corrected chi connectivity index (χ2v) is 8.90. The molecule has 0 bridgehead atoms. The Morgan fingerprint density at radius 2 is 1.55 bits per heavy atom. The van der Waals surface area contributed by atoms with E-state index < -0.39 is 0 Å². The van der Waals surface area contributed by atoms with Crippen LogP contribution < -0.4 is 0 Å². The van der Waals surface area contributed by atoms with Crippen LogP contribution in [0.3, 0.4) is 0 Å². The minimum absolute atomic E-state index is 1.02. The second-order valence-electron chi connectivity index (χ2n) is 8.90. The van der Waals surface area contributed by atoms with Gasteiger partial charge in [-0.2, -0.15) is 0 Å². The highest BCUT2D eigenvalue weighted by molar-refractivity contribution is 4.92. The summed E-state index contributed by atoms with van der Waals surface area (Å²) in [6.45, 7) is 7.30. The predicted octanol–water partition coefficient (Wildman–Crippen LogP) is 6.30. The summed E-state index contributed by atoms with van der Waals surface area (Å²) in [6, 6.07) is 0. The van der Waals surface area contributed by atoms with Crippen LogP contribution in [0, 0.1) is 41.4 Å². The average molecular weight is 277 g/mol. The van der Waals surface area contributed by atoms with Crippen molar-refractivity contribution >= 4 is 0 Å². The van der Waals surface area contributed by atoms with Gasteiger partial charge in [0.05, 0.1) is 0 Å². The van der Waals surface area contributed by atoms with Gasteiger partial charge in [-0.15, -0.1) is 0 Å². The Hall–Kier alpha value is 0. The van der Waals surface area contributed by atoms with E-state index in [9.17, 15) is 0 Å². The van der Waals surface area contributed by atoms with Crippen molar-refractivity contribution in [2.45, 2.75) is 85.0 Å². The average Bonchev–Trinajstić information content (AvgIpc) is 2.75. The molecular weight excluding hydrogens is 240 g/mol. The first-order valence-electron chi connectivity index (χ1n) is 9.65. The first kappa shape index (κ1) is 14.9. The molecular formula is C20H36. The molecule has 0 nitrogen and oxygen atoms in total. The zero-order valence-corrected chi connectivity index (χ0v) is 14.1. The molecule has 0 aliphatic heterocycles. The lowest BCUT2D eigenvalue weighted by molar-refractivity contribution is 0.0272. The summed E-state index contributed by atoms with van der Waals surface area (Å²) in [5.41, 5.74) is 0. The van der Waals surface area contributed by atoms with E-state index >= 15 is 0 Å². The molecule has 3 saturated carbocycles. The maximum atomic E-state index is 2.47. The molecule has 3 aliphatic rings. The van der Waals surface area contributed by atoms with E-state index in [0.717, 1.165) is 41.4 Å². The molecule has 0 spiro atoms. The zero-order valence-electron chi connectivity index (χ0n) is 14.1. The summed E-state index contributed by atoms with van der Waals surface area (Å²) >= 11 is 0. The van der Waals surface area contributed by atoms with Crippen LogP contribution in [0.1, 0.15) is 85.0 Å². The van der Waals surface area contributed by atoms with Crippen LogP contribution >= 0.6 is 0 Å². The molecule has 116 valence electrons. The van der Waals surface area contributed by atoms with Crippen LogP contribution in [-0.4, -0.2) is 0 Å². The van der Waals surface area contributed by atoms with Crippen LogP contribution in [0.2, 0.25) is 0 Å². The highest BCUT2D eigenvalue weighted by Crippen LogP contribution is 2.52. The summed E-state index contributed by atoms with van der Waals surface area (Å²) in [5.74, 6) is 7.63. The van der Waals surface area contributed by atoms with E-state index in [2.05, 4.69) is 20.8 Å². The minimum atomic E-state index is 1.02. The maximum absolute atomic E-state index is 2.47. The molecule has 3 unspecified atom stereocenters. The molecule has 3 rings (SSSR count). The standard InChI is InChI=1S/C20H36/c1-4-5-17(18-7-6-14(2)8-18)11-16-12-20(13-16)19-9-15(3)10-19/h14-20H,4-13H2,1-3H3. The molecule has 0 heteroatoms. The van der Waals surface area contributed by atoms with Gasteiger partial charge in [-0.1, -0.05) is 40.0 Å². The van der Waals surface area contributed by atoms with Gasteiger partial charge in [0.2, 0.25) is 0 Å². The van der Waals surface area contributed by atoms with Crippen molar-refractivity contribution in [1.82, 2.24) is 0 Å². The zero-order chi connectivity index (χ0) is 14.1. The van der Waals surface area contributed by atoms with Crippen LogP contribution in [-0.2, 0) is 0 Å². The van der Waals surface area contributed by atoms with Crippen molar-refractivity contribution in [1.29, 1.82) is 0 Å². The Morgan fingerprint density at radius 3 is 2.10 bits per heavy atom. The summed E-state index contributed by atoms with van der Waals surface area (Å²) < 4.78 is 0. The summed E-state index contributed by atoms with van der Waals surface area (Å²) in [4.78, 5) is 0. The maximum Gasteiger partial charge on any atom is -0.0380 e. The summed E-state index contributed by atoms with van der Waals surface area (Å²) in [6.07, 6.45) is 15.4. The monoisotopic (exact) mass is 276 g/mol. The molecule has 0 aromatic rings. The largest absolute Gasteiger partial charge is 0.0654 e. The Balaban J connectivity index is 1.41. The number of rotatable bonds is 6. The third kappa shape index (κ3) is 3.25. The van der Waals surface area contributed by atoms with Crippen molar-refractivity contribution in [2.24, 2.45) is 41.4 Å². The van der Waals surface area contributed by atoms with Crippen molar-refractivity contribution in [2.75, 3.05) is 0 Å². The SMILES string of the molecule is CCCC(CC1CC(C2CC(C)C2)C1)C1CCC(C)C1. The van der Waals surface area contributed by atoms with Crippen LogP contribution in [0.4, 0.5) is 0 Å². The number of hydrogen-bond donors (Lipinski definition) is 0. The molecule has 0 saturated heterocycles. The molecule has 0 N–H and O–H groups in total. The lowest BCUT2D eigenvalue weighted by Gasteiger charge is -2.48. The van der Waals surface area contributed by atoms with E-state index in [1.54, 1.807) is 44.9 Å². The quantitative estimate of drug-likeness (QED) is 0.534. The fraction of sp³-hybridized carbons (Fsp3) is 1.00. The molecule has 0 aromatic heterocycles. The third-order valence-electron chi connectivity index (χ3n) is 7.05. The fourth-order valence-corrected chi connectivity index (χ4v) is 5.74. The topological polar surface area (TPSA) is 0 Å². The normalized spacial score (nSPS) is 45.8. The van der Waals surface area contributed by atoms with Gasteiger partial charge < -0.3 is 0 Å². The number of hydrogen-bond acceptors (Lipinski definition) is 0. The molecule has 0 amide bonds. The van der Waals surface area contributed by atoms with E-state index in [4.69, 9.17) is 0 Å². The van der Waals surface area contributed by atoms with Gasteiger partial charge in [0.15, 0.2) is 0 Å². The molecule has 3 aliphatic carbocycles. The van der Waals surface area contributed by atoms with Gasteiger partial charge in [-0.3, -0.25) is 0 Å². The molecule has 3 atom stereocenters. The van der Waals surface area contributed by atoms with E-state index in [-0.39, 0.29) is 0 Å². The molecule has 3 fully saturated rings. The molecule has 0 heterocycles. The second kappa shape index (κ2) is 6.41.